The van der Waals surface area contributed by atoms with Gasteiger partial charge >= 0.3 is 11.9 Å². The maximum absolute atomic E-state index is 12.9. The van der Waals surface area contributed by atoms with Crippen LogP contribution in [0.3, 0.4) is 0 Å². The van der Waals surface area contributed by atoms with Gasteiger partial charge in [-0.15, -0.1) is 0 Å². The predicted molar refractivity (Wildman–Crippen MR) is 122 cm³/mol. The Bertz CT molecular complexity index is 1140. The fourth-order valence-electron chi connectivity index (χ4n) is 3.53. The minimum Gasteiger partial charge on any atom is -0.481 e. The Labute approximate surface area is 190 Å². The molecule has 1 amide bonds. The lowest BCUT2D eigenvalue weighted by molar-refractivity contribution is -0.138. The number of hydrogen-bond donors (Lipinski definition) is 3. The summed E-state index contributed by atoms with van der Waals surface area (Å²) in [6.45, 7) is 0. The highest BCUT2D eigenvalue weighted by atomic mass is 35.5. The molecule has 164 valence electrons. The van der Waals surface area contributed by atoms with Crippen LogP contribution in [0, 0.1) is 0 Å². The Morgan fingerprint density at radius 3 is 2.22 bits per heavy atom. The molecular formula is C25H22ClNO5. The molecule has 0 aromatic heterocycles. The largest absolute Gasteiger partial charge is 0.481 e. The lowest BCUT2D eigenvalue weighted by Crippen LogP contribution is -2.38. The second kappa shape index (κ2) is 10.6. The lowest BCUT2D eigenvalue weighted by Gasteiger charge is -2.18. The van der Waals surface area contributed by atoms with E-state index in [0.717, 1.165) is 11.1 Å². The summed E-state index contributed by atoms with van der Waals surface area (Å²) < 4.78 is 0. The maximum atomic E-state index is 12.9. The third-order valence-electron chi connectivity index (χ3n) is 4.98. The molecule has 32 heavy (non-hydrogen) atoms. The smallest absolute Gasteiger partial charge is 0.307 e. The number of rotatable bonds is 9. The number of halogens is 1. The van der Waals surface area contributed by atoms with Crippen LogP contribution in [0.5, 0.6) is 0 Å². The SMILES string of the molecule is O=C(O)Cc1ccccc1-c1cccc(C(=O)NC(CC(=O)O)Cc2ccccc2Cl)c1. The van der Waals surface area contributed by atoms with Crippen molar-refractivity contribution in [3.05, 3.63) is 94.5 Å². The van der Waals surface area contributed by atoms with Gasteiger partial charge in [0, 0.05) is 16.6 Å². The van der Waals surface area contributed by atoms with E-state index in [1.54, 1.807) is 72.8 Å². The number of carbonyl (C=O) groups excluding carboxylic acids is 1. The molecule has 3 rings (SSSR count). The summed E-state index contributed by atoms with van der Waals surface area (Å²) >= 11 is 6.20. The van der Waals surface area contributed by atoms with E-state index in [-0.39, 0.29) is 19.3 Å². The van der Waals surface area contributed by atoms with Crippen LogP contribution in [0.4, 0.5) is 0 Å². The molecule has 3 aromatic rings. The molecular weight excluding hydrogens is 430 g/mol. The van der Waals surface area contributed by atoms with Crippen LogP contribution < -0.4 is 5.32 Å². The van der Waals surface area contributed by atoms with Gasteiger partial charge < -0.3 is 15.5 Å². The summed E-state index contributed by atoms with van der Waals surface area (Å²) in [6.07, 6.45) is -0.109. The van der Waals surface area contributed by atoms with Gasteiger partial charge in [0.05, 0.1) is 12.8 Å². The topological polar surface area (TPSA) is 104 Å². The van der Waals surface area contributed by atoms with E-state index in [2.05, 4.69) is 5.32 Å². The van der Waals surface area contributed by atoms with Crippen molar-refractivity contribution in [2.24, 2.45) is 0 Å². The van der Waals surface area contributed by atoms with E-state index in [1.165, 1.54) is 0 Å². The number of carboxylic acid groups (broad SMARTS) is 2. The van der Waals surface area contributed by atoms with Gasteiger partial charge in [0.15, 0.2) is 0 Å². The molecule has 0 fully saturated rings. The van der Waals surface area contributed by atoms with Crippen LogP contribution in [0.25, 0.3) is 11.1 Å². The number of amides is 1. The van der Waals surface area contributed by atoms with E-state index in [0.29, 0.717) is 21.7 Å². The third-order valence-corrected chi connectivity index (χ3v) is 5.34. The standard InChI is InChI=1S/C25H22ClNO5/c26-22-11-4-2-7-18(22)13-20(15-24(30)31)27-25(32)19-9-5-8-16(12-19)21-10-3-1-6-17(21)14-23(28)29/h1-12,20H,13-15H2,(H,27,32)(H,28,29)(H,30,31). The van der Waals surface area contributed by atoms with Gasteiger partial charge in [-0.3, -0.25) is 14.4 Å². The van der Waals surface area contributed by atoms with Gasteiger partial charge in [-0.05, 0) is 46.9 Å². The van der Waals surface area contributed by atoms with Gasteiger partial charge in [0.2, 0.25) is 0 Å². The van der Waals surface area contributed by atoms with Crippen LogP contribution in [0.2, 0.25) is 5.02 Å². The molecule has 7 heteroatoms. The monoisotopic (exact) mass is 451 g/mol. The Hall–Kier alpha value is -3.64. The summed E-state index contributed by atoms with van der Waals surface area (Å²) in [5, 5.41) is 21.8. The van der Waals surface area contributed by atoms with E-state index in [1.807, 2.05) is 0 Å². The molecule has 0 aliphatic heterocycles. The molecule has 0 saturated heterocycles. The number of benzene rings is 3. The van der Waals surface area contributed by atoms with E-state index in [9.17, 15) is 24.6 Å². The average molecular weight is 452 g/mol. The normalized spacial score (nSPS) is 11.5. The molecule has 0 bridgehead atoms. The number of nitrogens with one attached hydrogen (secondary N) is 1. The molecule has 3 N–H and O–H groups in total. The molecule has 1 unspecified atom stereocenters. The van der Waals surface area contributed by atoms with Gasteiger partial charge in [-0.2, -0.15) is 0 Å². The summed E-state index contributed by atoms with van der Waals surface area (Å²) in [6, 6.07) is 20.4. The molecule has 0 radical (unpaired) electrons. The quantitative estimate of drug-likeness (QED) is 0.446. The van der Waals surface area contributed by atoms with Crippen molar-refractivity contribution < 1.29 is 24.6 Å². The zero-order valence-corrected chi connectivity index (χ0v) is 17.9. The molecule has 0 spiro atoms. The second-order valence-corrected chi connectivity index (χ2v) is 7.78. The molecule has 3 aromatic carbocycles. The average Bonchev–Trinajstić information content (AvgIpc) is 2.75. The highest BCUT2D eigenvalue weighted by Gasteiger charge is 2.19. The summed E-state index contributed by atoms with van der Waals surface area (Å²) in [5.41, 5.74) is 3.16. The predicted octanol–water partition coefficient (Wildman–Crippen LogP) is 4.45. The Morgan fingerprint density at radius 1 is 0.844 bits per heavy atom. The van der Waals surface area contributed by atoms with Crippen molar-refractivity contribution in [3.63, 3.8) is 0 Å². The minimum atomic E-state index is -1.03. The lowest BCUT2D eigenvalue weighted by atomic mass is 9.96. The van der Waals surface area contributed by atoms with Crippen molar-refractivity contribution in [2.75, 3.05) is 0 Å². The molecule has 6 nitrogen and oxygen atoms in total. The van der Waals surface area contributed by atoms with Crippen molar-refractivity contribution in [3.8, 4) is 11.1 Å². The van der Waals surface area contributed by atoms with E-state index < -0.39 is 23.9 Å². The van der Waals surface area contributed by atoms with Crippen molar-refractivity contribution in [1.82, 2.24) is 5.32 Å². The number of hydrogen-bond acceptors (Lipinski definition) is 3. The molecule has 0 aliphatic rings. The first-order chi connectivity index (χ1) is 15.3. The minimum absolute atomic E-state index is 0.134. The third kappa shape index (κ3) is 6.18. The van der Waals surface area contributed by atoms with Gasteiger partial charge in [0.25, 0.3) is 5.91 Å². The van der Waals surface area contributed by atoms with E-state index >= 15 is 0 Å². The molecule has 0 aliphatic carbocycles. The van der Waals surface area contributed by atoms with Crippen LogP contribution in [0.1, 0.15) is 27.9 Å². The van der Waals surface area contributed by atoms with Crippen molar-refractivity contribution in [2.45, 2.75) is 25.3 Å². The Kier molecular flexibility index (Phi) is 7.63. The zero-order valence-electron chi connectivity index (χ0n) is 17.1. The fourth-order valence-corrected chi connectivity index (χ4v) is 3.74. The molecule has 1 atom stereocenters. The van der Waals surface area contributed by atoms with Crippen LogP contribution in [0.15, 0.2) is 72.8 Å². The zero-order chi connectivity index (χ0) is 23.1. The first-order valence-corrected chi connectivity index (χ1v) is 10.4. The van der Waals surface area contributed by atoms with Crippen molar-refractivity contribution in [1.29, 1.82) is 0 Å². The summed E-state index contributed by atoms with van der Waals surface area (Å²) in [4.78, 5) is 35.5. The summed E-state index contributed by atoms with van der Waals surface area (Å²) in [7, 11) is 0. The fraction of sp³-hybridized carbons (Fsp3) is 0.160. The van der Waals surface area contributed by atoms with E-state index in [4.69, 9.17) is 11.6 Å². The maximum Gasteiger partial charge on any atom is 0.307 e. The van der Waals surface area contributed by atoms with Crippen LogP contribution >= 0.6 is 11.6 Å². The Balaban J connectivity index is 1.83. The second-order valence-electron chi connectivity index (χ2n) is 7.37. The van der Waals surface area contributed by atoms with Crippen LogP contribution in [-0.4, -0.2) is 34.1 Å². The first-order valence-electron chi connectivity index (χ1n) is 9.99. The number of carboxylic acids is 2. The molecule has 0 heterocycles. The summed E-state index contributed by atoms with van der Waals surface area (Å²) in [5.74, 6) is -2.39. The molecule has 0 saturated carbocycles. The highest BCUT2D eigenvalue weighted by molar-refractivity contribution is 6.31. The van der Waals surface area contributed by atoms with Gasteiger partial charge in [-0.25, -0.2) is 0 Å². The highest BCUT2D eigenvalue weighted by Crippen LogP contribution is 2.25. The number of aliphatic carboxylic acids is 2. The van der Waals surface area contributed by atoms with Gasteiger partial charge in [0.1, 0.15) is 0 Å². The van der Waals surface area contributed by atoms with Crippen LogP contribution in [-0.2, 0) is 22.4 Å². The van der Waals surface area contributed by atoms with Gasteiger partial charge in [-0.1, -0.05) is 66.2 Å². The Morgan fingerprint density at radius 2 is 1.53 bits per heavy atom. The number of carbonyl (C=O) groups is 3. The first kappa shape index (κ1) is 23.0. The van der Waals surface area contributed by atoms with Crippen molar-refractivity contribution >= 4 is 29.4 Å².